The molecule has 1 aliphatic rings. The number of rotatable bonds is 12. The maximum absolute atomic E-state index is 13.7. The molecule has 3 aromatic carbocycles. The molecule has 1 heterocycles. The molecule has 4 rings (SSSR count). The van der Waals surface area contributed by atoms with Crippen LogP contribution in [-0.4, -0.2) is 56.1 Å². The number of nitrogens with zero attached hydrogens (tertiary/aromatic N) is 1. The molecule has 0 spiro atoms. The first-order chi connectivity index (χ1) is 19.6. The van der Waals surface area contributed by atoms with Crippen molar-refractivity contribution in [3.63, 3.8) is 0 Å². The van der Waals surface area contributed by atoms with Crippen molar-refractivity contribution in [1.82, 2.24) is 9.62 Å². The predicted molar refractivity (Wildman–Crippen MR) is 157 cm³/mol. The summed E-state index contributed by atoms with van der Waals surface area (Å²) in [4.78, 5) is 13.5. The van der Waals surface area contributed by atoms with Crippen LogP contribution in [0.15, 0.2) is 90.0 Å². The molecule has 9 nitrogen and oxygen atoms in total. The summed E-state index contributed by atoms with van der Waals surface area (Å²) in [5.41, 5.74) is 8.07. The number of ether oxygens (including phenoxy) is 2. The van der Waals surface area contributed by atoms with Gasteiger partial charge in [-0.1, -0.05) is 44.2 Å². The van der Waals surface area contributed by atoms with Gasteiger partial charge in [0.2, 0.25) is 10.0 Å². The maximum atomic E-state index is 13.7. The fraction of sp³-hybridized carbons (Fsp3) is 0.323. The van der Waals surface area contributed by atoms with Crippen molar-refractivity contribution in [2.24, 2.45) is 11.7 Å². The van der Waals surface area contributed by atoms with Crippen LogP contribution >= 0.6 is 0 Å². The number of hydrogen-bond acceptors (Lipinski definition) is 7. The van der Waals surface area contributed by atoms with Gasteiger partial charge in [0.15, 0.2) is 0 Å². The Labute approximate surface area is 241 Å². The van der Waals surface area contributed by atoms with Crippen LogP contribution < -0.4 is 20.5 Å². The van der Waals surface area contributed by atoms with Crippen molar-refractivity contribution in [2.75, 3.05) is 20.2 Å². The molecule has 0 bridgehead atoms. The van der Waals surface area contributed by atoms with E-state index in [1.54, 1.807) is 36.4 Å². The van der Waals surface area contributed by atoms with Crippen LogP contribution in [0.4, 0.5) is 0 Å². The highest BCUT2D eigenvalue weighted by Gasteiger charge is 2.32. The summed E-state index contributed by atoms with van der Waals surface area (Å²) in [5.74, 6) is 0.692. The zero-order valence-corrected chi connectivity index (χ0v) is 24.3. The molecule has 10 heteroatoms. The van der Waals surface area contributed by atoms with Gasteiger partial charge in [-0.05, 0) is 66.4 Å². The summed E-state index contributed by atoms with van der Waals surface area (Å²) in [5, 5.41) is 14.4. The number of aliphatic hydroxyl groups is 1. The summed E-state index contributed by atoms with van der Waals surface area (Å²) in [6.07, 6.45) is 2.29. The number of carbonyl (C=O) groups excluding carboxylic acids is 1. The van der Waals surface area contributed by atoms with Gasteiger partial charge in [0.05, 0.1) is 36.5 Å². The number of nitrogens with two attached hydrogens (primary N) is 1. The third kappa shape index (κ3) is 7.53. The van der Waals surface area contributed by atoms with Gasteiger partial charge < -0.3 is 25.6 Å². The van der Waals surface area contributed by atoms with Crippen LogP contribution in [0.5, 0.6) is 11.5 Å². The van der Waals surface area contributed by atoms with Gasteiger partial charge in [-0.25, -0.2) is 8.42 Å². The van der Waals surface area contributed by atoms with E-state index < -0.39 is 34.1 Å². The Morgan fingerprint density at radius 3 is 2.44 bits per heavy atom. The molecule has 4 N–H and O–H groups in total. The molecule has 0 saturated heterocycles. The largest absolute Gasteiger partial charge is 0.497 e. The van der Waals surface area contributed by atoms with E-state index in [4.69, 9.17) is 15.2 Å². The Bertz CT molecular complexity index is 1460. The lowest BCUT2D eigenvalue weighted by atomic mass is 9.99. The molecule has 1 aliphatic heterocycles. The van der Waals surface area contributed by atoms with Crippen LogP contribution in [0.1, 0.15) is 41.4 Å². The average Bonchev–Trinajstić information content (AvgIpc) is 2.96. The lowest BCUT2D eigenvalue weighted by Crippen LogP contribution is -2.51. The van der Waals surface area contributed by atoms with Crippen molar-refractivity contribution >= 4 is 15.9 Å². The zero-order valence-electron chi connectivity index (χ0n) is 23.4. The first-order valence-electron chi connectivity index (χ1n) is 13.5. The van der Waals surface area contributed by atoms with Gasteiger partial charge in [-0.15, -0.1) is 0 Å². The van der Waals surface area contributed by atoms with E-state index in [-0.39, 0.29) is 23.9 Å². The standard InChI is InChI=1S/C31H37N3O6S/c1-21(2)19-34(41(37,38)25-12-10-24(39-3)11-13-25)20-29(35)28(17-22-7-5-4-6-8-22)33-31(36)23-9-14-30-26(18-23)27(32)15-16-40-30/h4-16,18,21,27-29,35H,17,19-20,32H2,1-3H3,(H,33,36)/t27-,28-,29-/m0/s1. The second-order valence-corrected chi connectivity index (χ2v) is 12.4. The van der Waals surface area contributed by atoms with Gasteiger partial charge in [0.25, 0.3) is 5.91 Å². The molecular weight excluding hydrogens is 542 g/mol. The molecule has 0 fully saturated rings. The number of aliphatic hydroxyl groups excluding tert-OH is 1. The van der Waals surface area contributed by atoms with Crippen LogP contribution in [-0.2, 0) is 16.4 Å². The highest BCUT2D eigenvalue weighted by Crippen LogP contribution is 2.30. The predicted octanol–water partition coefficient (Wildman–Crippen LogP) is 3.65. The first-order valence-corrected chi connectivity index (χ1v) is 14.9. The number of nitrogens with one attached hydrogen (secondary N) is 1. The van der Waals surface area contributed by atoms with Gasteiger partial charge in [0, 0.05) is 24.2 Å². The van der Waals surface area contributed by atoms with Crippen LogP contribution in [0.2, 0.25) is 0 Å². The fourth-order valence-corrected chi connectivity index (χ4v) is 6.29. The van der Waals surface area contributed by atoms with Crippen molar-refractivity contribution in [1.29, 1.82) is 0 Å². The number of sulfonamides is 1. The van der Waals surface area contributed by atoms with Crippen molar-refractivity contribution in [2.45, 2.75) is 43.4 Å². The van der Waals surface area contributed by atoms with Crippen molar-refractivity contribution in [3.05, 3.63) is 102 Å². The Morgan fingerprint density at radius 1 is 1.07 bits per heavy atom. The van der Waals surface area contributed by atoms with Crippen LogP contribution in [0.25, 0.3) is 0 Å². The van der Waals surface area contributed by atoms with Crippen LogP contribution in [0, 0.1) is 5.92 Å². The van der Waals surface area contributed by atoms with E-state index in [0.717, 1.165) is 5.56 Å². The number of carbonyl (C=O) groups is 1. The summed E-state index contributed by atoms with van der Waals surface area (Å²) in [6, 6.07) is 19.3. The summed E-state index contributed by atoms with van der Waals surface area (Å²) in [7, 11) is -2.44. The first kappa shape index (κ1) is 30.3. The third-order valence-corrected chi connectivity index (χ3v) is 8.69. The van der Waals surface area contributed by atoms with E-state index in [2.05, 4.69) is 5.32 Å². The second kappa shape index (κ2) is 13.3. The number of hydrogen-bond donors (Lipinski definition) is 3. The normalized spacial score (nSPS) is 16.1. The molecule has 218 valence electrons. The molecule has 0 aliphatic carbocycles. The minimum Gasteiger partial charge on any atom is -0.497 e. The van der Waals surface area contributed by atoms with E-state index in [0.29, 0.717) is 29.0 Å². The maximum Gasteiger partial charge on any atom is 0.251 e. The molecule has 3 atom stereocenters. The lowest BCUT2D eigenvalue weighted by molar-refractivity contribution is 0.0775. The second-order valence-electron chi connectivity index (χ2n) is 10.5. The van der Waals surface area contributed by atoms with Gasteiger partial charge >= 0.3 is 0 Å². The summed E-state index contributed by atoms with van der Waals surface area (Å²) >= 11 is 0. The fourth-order valence-electron chi connectivity index (χ4n) is 4.67. The number of amides is 1. The molecule has 0 saturated carbocycles. The molecule has 41 heavy (non-hydrogen) atoms. The number of fused-ring (bicyclic) bond motifs is 1. The molecule has 0 radical (unpaired) electrons. The van der Waals surface area contributed by atoms with E-state index in [9.17, 15) is 18.3 Å². The number of benzene rings is 3. The average molecular weight is 580 g/mol. The lowest BCUT2D eigenvalue weighted by Gasteiger charge is -2.31. The Hall–Kier alpha value is -3.70. The summed E-state index contributed by atoms with van der Waals surface area (Å²) < 4.78 is 39.2. The van der Waals surface area contributed by atoms with E-state index in [1.807, 2.05) is 44.2 Å². The topological polar surface area (TPSA) is 131 Å². The highest BCUT2D eigenvalue weighted by molar-refractivity contribution is 7.89. The Kier molecular flexibility index (Phi) is 9.82. The van der Waals surface area contributed by atoms with E-state index in [1.165, 1.54) is 29.8 Å². The SMILES string of the molecule is COc1ccc(S(=O)(=O)N(CC(C)C)C[C@H](O)[C@H](Cc2ccccc2)NC(=O)c2ccc3c(c2)[C@@H](N)C=CO3)cc1. The highest BCUT2D eigenvalue weighted by atomic mass is 32.2. The Morgan fingerprint density at radius 2 is 1.78 bits per heavy atom. The van der Waals surface area contributed by atoms with Gasteiger partial charge in [-0.3, -0.25) is 4.79 Å². The Balaban J connectivity index is 1.60. The smallest absolute Gasteiger partial charge is 0.251 e. The molecule has 3 aromatic rings. The summed E-state index contributed by atoms with van der Waals surface area (Å²) in [6.45, 7) is 3.80. The third-order valence-electron chi connectivity index (χ3n) is 6.85. The van der Waals surface area contributed by atoms with E-state index >= 15 is 0 Å². The monoisotopic (exact) mass is 579 g/mol. The minimum atomic E-state index is -3.95. The van der Waals surface area contributed by atoms with Crippen molar-refractivity contribution in [3.8, 4) is 11.5 Å². The van der Waals surface area contributed by atoms with Crippen molar-refractivity contribution < 1.29 is 27.8 Å². The molecule has 1 amide bonds. The minimum absolute atomic E-state index is 0.00615. The molecule has 0 aromatic heterocycles. The van der Waals surface area contributed by atoms with Crippen LogP contribution in [0.3, 0.4) is 0 Å². The number of methoxy groups -OCH3 is 1. The zero-order chi connectivity index (χ0) is 29.6. The quantitative estimate of drug-likeness (QED) is 0.299. The van der Waals surface area contributed by atoms with Gasteiger partial charge in [0.1, 0.15) is 11.5 Å². The molecular formula is C31H37N3O6S. The van der Waals surface area contributed by atoms with Gasteiger partial charge in [-0.2, -0.15) is 4.31 Å². The molecule has 0 unspecified atom stereocenters.